The fraction of sp³-hybridized carbons (Fsp3) is 0.733. The molecule has 0 spiro atoms. The number of unbranched alkanes of at least 4 members (excludes halogenated alkanes) is 4. The highest BCUT2D eigenvalue weighted by atomic mass is 16.5. The summed E-state index contributed by atoms with van der Waals surface area (Å²) in [6.07, 6.45) is 6.31. The van der Waals surface area contributed by atoms with Gasteiger partial charge >= 0.3 is 0 Å². The van der Waals surface area contributed by atoms with Crippen LogP contribution >= 0.6 is 0 Å². The van der Waals surface area contributed by atoms with Gasteiger partial charge in [0, 0.05) is 24.9 Å². The Labute approximate surface area is 117 Å². The molecule has 0 fully saturated rings. The van der Waals surface area contributed by atoms with Crippen LogP contribution in [0.1, 0.15) is 57.5 Å². The van der Waals surface area contributed by atoms with E-state index < -0.39 is 0 Å². The highest BCUT2D eigenvalue weighted by Crippen LogP contribution is 2.07. The monoisotopic (exact) mass is 265 g/mol. The predicted octanol–water partition coefficient (Wildman–Crippen LogP) is 3.70. The lowest BCUT2D eigenvalue weighted by atomic mass is 10.2. The normalized spacial score (nSPS) is 10.7. The molecule has 4 heteroatoms. The van der Waals surface area contributed by atoms with Crippen molar-refractivity contribution in [2.24, 2.45) is 0 Å². The molecular weight excluding hydrogens is 238 g/mol. The molecule has 0 saturated heterocycles. The SMILES string of the molecule is CCCCCCCOCc1nc(C)cc(NCC)n1. The molecule has 19 heavy (non-hydrogen) atoms. The van der Waals surface area contributed by atoms with Crippen molar-refractivity contribution in [2.45, 2.75) is 59.5 Å². The van der Waals surface area contributed by atoms with Crippen molar-refractivity contribution < 1.29 is 4.74 Å². The number of hydrogen-bond acceptors (Lipinski definition) is 4. The van der Waals surface area contributed by atoms with Gasteiger partial charge in [-0.2, -0.15) is 0 Å². The summed E-state index contributed by atoms with van der Waals surface area (Å²) in [6.45, 7) is 8.45. The third kappa shape index (κ3) is 7.11. The van der Waals surface area contributed by atoms with Gasteiger partial charge in [0.1, 0.15) is 12.4 Å². The quantitative estimate of drug-likeness (QED) is 0.655. The largest absolute Gasteiger partial charge is 0.373 e. The number of aromatic nitrogens is 2. The lowest BCUT2D eigenvalue weighted by molar-refractivity contribution is 0.111. The second-order valence-electron chi connectivity index (χ2n) is 4.81. The van der Waals surface area contributed by atoms with Crippen LogP contribution in [0.15, 0.2) is 6.07 Å². The molecule has 4 nitrogen and oxygen atoms in total. The van der Waals surface area contributed by atoms with E-state index in [1.54, 1.807) is 0 Å². The molecule has 0 amide bonds. The molecule has 1 rings (SSSR count). The Morgan fingerprint density at radius 3 is 2.63 bits per heavy atom. The van der Waals surface area contributed by atoms with Crippen molar-refractivity contribution in [2.75, 3.05) is 18.5 Å². The minimum absolute atomic E-state index is 0.508. The van der Waals surface area contributed by atoms with E-state index in [9.17, 15) is 0 Å². The summed E-state index contributed by atoms with van der Waals surface area (Å²) in [5, 5.41) is 3.21. The first-order valence-electron chi connectivity index (χ1n) is 7.42. The zero-order chi connectivity index (χ0) is 13.9. The van der Waals surface area contributed by atoms with Gasteiger partial charge in [0.2, 0.25) is 0 Å². The van der Waals surface area contributed by atoms with Crippen molar-refractivity contribution in [1.29, 1.82) is 0 Å². The highest BCUT2D eigenvalue weighted by Gasteiger charge is 2.01. The van der Waals surface area contributed by atoms with E-state index in [1.165, 1.54) is 25.7 Å². The van der Waals surface area contributed by atoms with E-state index in [-0.39, 0.29) is 0 Å². The molecule has 1 aromatic rings. The summed E-state index contributed by atoms with van der Waals surface area (Å²) in [6, 6.07) is 1.96. The van der Waals surface area contributed by atoms with Crippen LogP contribution in [0, 0.1) is 6.92 Å². The number of rotatable bonds is 10. The average Bonchev–Trinajstić information content (AvgIpc) is 2.37. The number of ether oxygens (including phenoxy) is 1. The van der Waals surface area contributed by atoms with Gasteiger partial charge in [-0.1, -0.05) is 32.6 Å². The Kier molecular flexibility index (Phi) is 8.14. The summed E-state index contributed by atoms with van der Waals surface area (Å²) in [5.74, 6) is 1.65. The molecule has 0 saturated carbocycles. The summed E-state index contributed by atoms with van der Waals surface area (Å²) < 4.78 is 5.64. The molecule has 0 aliphatic heterocycles. The van der Waals surface area contributed by atoms with E-state index in [4.69, 9.17) is 4.74 Å². The second kappa shape index (κ2) is 9.73. The number of nitrogens with zero attached hydrogens (tertiary/aromatic N) is 2. The van der Waals surface area contributed by atoms with Gasteiger partial charge in [-0.05, 0) is 20.3 Å². The van der Waals surface area contributed by atoms with E-state index in [0.29, 0.717) is 6.61 Å². The first kappa shape index (κ1) is 15.9. The van der Waals surface area contributed by atoms with Gasteiger partial charge in [0.15, 0.2) is 5.82 Å². The Bertz CT molecular complexity index is 355. The third-order valence-corrected chi connectivity index (χ3v) is 2.88. The van der Waals surface area contributed by atoms with E-state index >= 15 is 0 Å². The van der Waals surface area contributed by atoms with Crippen molar-refractivity contribution >= 4 is 5.82 Å². The highest BCUT2D eigenvalue weighted by molar-refractivity contribution is 5.35. The standard InChI is InChI=1S/C15H27N3O/c1-4-6-7-8-9-10-19-12-15-17-13(3)11-14(18-15)16-5-2/h11H,4-10,12H2,1-3H3,(H,16,17,18). The van der Waals surface area contributed by atoms with Gasteiger partial charge in [-0.25, -0.2) is 9.97 Å². The smallest absolute Gasteiger partial charge is 0.156 e. The van der Waals surface area contributed by atoms with Crippen LogP contribution in [0.4, 0.5) is 5.82 Å². The van der Waals surface area contributed by atoms with Crippen LogP contribution < -0.4 is 5.32 Å². The number of hydrogen-bond donors (Lipinski definition) is 1. The summed E-state index contributed by atoms with van der Waals surface area (Å²) >= 11 is 0. The maximum atomic E-state index is 5.64. The Hall–Kier alpha value is -1.16. The van der Waals surface area contributed by atoms with Gasteiger partial charge in [-0.3, -0.25) is 0 Å². The van der Waals surface area contributed by atoms with Gasteiger partial charge in [0.05, 0.1) is 0 Å². The topological polar surface area (TPSA) is 47.0 Å². The predicted molar refractivity (Wildman–Crippen MR) is 79.3 cm³/mol. The van der Waals surface area contributed by atoms with Crippen molar-refractivity contribution in [3.8, 4) is 0 Å². The van der Waals surface area contributed by atoms with Crippen molar-refractivity contribution in [3.63, 3.8) is 0 Å². The van der Waals surface area contributed by atoms with E-state index in [2.05, 4.69) is 29.1 Å². The van der Waals surface area contributed by atoms with Gasteiger partial charge in [0.25, 0.3) is 0 Å². The molecule has 1 N–H and O–H groups in total. The molecule has 1 aromatic heterocycles. The van der Waals surface area contributed by atoms with Crippen molar-refractivity contribution in [1.82, 2.24) is 9.97 Å². The Balaban J connectivity index is 2.25. The molecule has 0 aliphatic rings. The molecule has 0 unspecified atom stereocenters. The number of nitrogens with one attached hydrogen (secondary N) is 1. The maximum Gasteiger partial charge on any atom is 0.156 e. The first-order chi connectivity index (χ1) is 9.26. The molecule has 1 heterocycles. The minimum Gasteiger partial charge on any atom is -0.373 e. The molecular formula is C15H27N3O. The molecule has 0 radical (unpaired) electrons. The van der Waals surface area contributed by atoms with Crippen LogP contribution in [-0.2, 0) is 11.3 Å². The first-order valence-corrected chi connectivity index (χ1v) is 7.42. The summed E-state index contributed by atoms with van der Waals surface area (Å²) in [7, 11) is 0. The lowest BCUT2D eigenvalue weighted by Gasteiger charge is -2.07. The Morgan fingerprint density at radius 2 is 1.89 bits per heavy atom. The van der Waals surface area contributed by atoms with Crippen LogP contribution in [0.2, 0.25) is 0 Å². The van der Waals surface area contributed by atoms with Crippen LogP contribution in [-0.4, -0.2) is 23.1 Å². The number of anilines is 1. The Morgan fingerprint density at radius 1 is 1.11 bits per heavy atom. The maximum absolute atomic E-state index is 5.64. The van der Waals surface area contributed by atoms with Crippen LogP contribution in [0.5, 0.6) is 0 Å². The molecule has 108 valence electrons. The number of aryl methyl sites for hydroxylation is 1. The van der Waals surface area contributed by atoms with Gasteiger partial charge in [-0.15, -0.1) is 0 Å². The molecule has 0 atom stereocenters. The minimum atomic E-state index is 0.508. The third-order valence-electron chi connectivity index (χ3n) is 2.88. The zero-order valence-electron chi connectivity index (χ0n) is 12.5. The molecule has 0 aliphatic carbocycles. The van der Waals surface area contributed by atoms with E-state index in [1.807, 2.05) is 13.0 Å². The van der Waals surface area contributed by atoms with Crippen LogP contribution in [0.25, 0.3) is 0 Å². The fourth-order valence-electron chi connectivity index (χ4n) is 1.94. The van der Waals surface area contributed by atoms with Crippen molar-refractivity contribution in [3.05, 3.63) is 17.6 Å². The summed E-state index contributed by atoms with van der Waals surface area (Å²) in [5.41, 5.74) is 0.979. The lowest BCUT2D eigenvalue weighted by Crippen LogP contribution is -2.06. The second-order valence-corrected chi connectivity index (χ2v) is 4.81. The zero-order valence-corrected chi connectivity index (χ0v) is 12.5. The fourth-order valence-corrected chi connectivity index (χ4v) is 1.94. The van der Waals surface area contributed by atoms with Crippen LogP contribution in [0.3, 0.4) is 0 Å². The van der Waals surface area contributed by atoms with Gasteiger partial charge < -0.3 is 10.1 Å². The molecule has 0 bridgehead atoms. The summed E-state index contributed by atoms with van der Waals surface area (Å²) in [4.78, 5) is 8.81. The molecule has 0 aromatic carbocycles. The van der Waals surface area contributed by atoms with E-state index in [0.717, 1.165) is 36.9 Å². The average molecular weight is 265 g/mol.